The minimum Gasteiger partial charge on any atom is -0.381 e. The zero-order chi connectivity index (χ0) is 15.7. The maximum absolute atomic E-state index is 11.7. The first-order chi connectivity index (χ1) is 9.65. The van der Waals surface area contributed by atoms with Crippen molar-refractivity contribution in [3.8, 4) is 0 Å². The molecule has 0 heterocycles. The first-order valence-electron chi connectivity index (χ1n) is 6.68. The van der Waals surface area contributed by atoms with Gasteiger partial charge in [0.15, 0.2) is 9.84 Å². The van der Waals surface area contributed by atoms with E-state index in [0.29, 0.717) is 12.1 Å². The molecule has 2 unspecified atom stereocenters. The molecular formula is C13H20N2O4S2. The zero-order valence-corrected chi connectivity index (χ0v) is 13.7. The second-order valence-electron chi connectivity index (χ2n) is 5.50. The van der Waals surface area contributed by atoms with Crippen molar-refractivity contribution >= 4 is 31.2 Å². The maximum atomic E-state index is 11.7. The van der Waals surface area contributed by atoms with E-state index < -0.39 is 19.9 Å². The van der Waals surface area contributed by atoms with Crippen molar-refractivity contribution in [2.24, 2.45) is 0 Å². The summed E-state index contributed by atoms with van der Waals surface area (Å²) in [6.07, 6.45) is 4.76. The molecule has 1 saturated carbocycles. The lowest BCUT2D eigenvalue weighted by molar-refractivity contribution is 0.579. The third-order valence-corrected chi connectivity index (χ3v) is 5.81. The van der Waals surface area contributed by atoms with E-state index in [2.05, 4.69) is 10.0 Å². The highest BCUT2D eigenvalue weighted by molar-refractivity contribution is 7.92. The molecule has 2 rings (SSSR count). The first-order valence-corrected chi connectivity index (χ1v) is 10.5. The van der Waals surface area contributed by atoms with Crippen molar-refractivity contribution in [1.29, 1.82) is 0 Å². The fourth-order valence-electron chi connectivity index (χ4n) is 2.67. The Hall–Kier alpha value is -1.28. The van der Waals surface area contributed by atoms with Gasteiger partial charge in [-0.05, 0) is 43.5 Å². The summed E-state index contributed by atoms with van der Waals surface area (Å²) in [6, 6.07) is 6.69. The van der Waals surface area contributed by atoms with Crippen LogP contribution < -0.4 is 10.0 Å². The number of benzene rings is 1. The van der Waals surface area contributed by atoms with E-state index in [1.54, 1.807) is 24.3 Å². The van der Waals surface area contributed by atoms with E-state index in [9.17, 15) is 16.8 Å². The number of sulfone groups is 1. The Bertz CT molecular complexity index is 696. The minimum absolute atomic E-state index is 0.0892. The van der Waals surface area contributed by atoms with E-state index in [4.69, 9.17) is 0 Å². The molecule has 0 saturated heterocycles. The van der Waals surface area contributed by atoms with E-state index >= 15 is 0 Å². The van der Waals surface area contributed by atoms with E-state index in [1.165, 1.54) is 6.26 Å². The van der Waals surface area contributed by atoms with Gasteiger partial charge in [0.2, 0.25) is 10.0 Å². The zero-order valence-electron chi connectivity index (χ0n) is 12.0. The molecule has 8 heteroatoms. The van der Waals surface area contributed by atoms with Crippen LogP contribution in [0.1, 0.15) is 19.3 Å². The largest absolute Gasteiger partial charge is 0.381 e. The van der Waals surface area contributed by atoms with Gasteiger partial charge in [-0.3, -0.25) is 4.72 Å². The van der Waals surface area contributed by atoms with Gasteiger partial charge in [0.25, 0.3) is 0 Å². The van der Waals surface area contributed by atoms with Crippen molar-refractivity contribution in [3.05, 3.63) is 24.3 Å². The highest BCUT2D eigenvalue weighted by atomic mass is 32.2. The molecule has 0 bridgehead atoms. The van der Waals surface area contributed by atoms with Crippen LogP contribution in [0.15, 0.2) is 24.3 Å². The van der Waals surface area contributed by atoms with Crippen molar-refractivity contribution in [2.75, 3.05) is 22.6 Å². The predicted octanol–water partition coefficient (Wildman–Crippen LogP) is 1.44. The standard InChI is InChI=1S/C13H20N2O4S2/c1-20(16,17)13-5-3-4-12(13)14-10-6-8-11(9-7-10)15-21(2,18)19/h6-9,12-15H,3-5H2,1-2H3. The molecule has 0 spiro atoms. The topological polar surface area (TPSA) is 92.3 Å². The number of hydrogen-bond acceptors (Lipinski definition) is 5. The monoisotopic (exact) mass is 332 g/mol. The van der Waals surface area contributed by atoms with Crippen LogP contribution in [0.2, 0.25) is 0 Å². The second kappa shape index (κ2) is 5.84. The van der Waals surface area contributed by atoms with E-state index in [1.807, 2.05) is 0 Å². The van der Waals surface area contributed by atoms with Gasteiger partial charge in [-0.1, -0.05) is 0 Å². The van der Waals surface area contributed by atoms with Crippen molar-refractivity contribution in [2.45, 2.75) is 30.6 Å². The molecule has 6 nitrogen and oxygen atoms in total. The van der Waals surface area contributed by atoms with E-state index in [-0.39, 0.29) is 11.3 Å². The number of hydrogen-bond donors (Lipinski definition) is 2. The van der Waals surface area contributed by atoms with Gasteiger partial charge in [0, 0.05) is 23.7 Å². The van der Waals surface area contributed by atoms with Crippen molar-refractivity contribution in [1.82, 2.24) is 0 Å². The third kappa shape index (κ3) is 4.60. The summed E-state index contributed by atoms with van der Waals surface area (Å²) in [5.74, 6) is 0. The second-order valence-corrected chi connectivity index (χ2v) is 9.51. The Kier molecular flexibility index (Phi) is 4.48. The normalized spacial score (nSPS) is 23.0. The Morgan fingerprint density at radius 3 is 2.05 bits per heavy atom. The fourth-order valence-corrected chi connectivity index (χ4v) is 4.63. The maximum Gasteiger partial charge on any atom is 0.229 e. The number of anilines is 2. The Morgan fingerprint density at radius 2 is 1.52 bits per heavy atom. The quantitative estimate of drug-likeness (QED) is 0.851. The van der Waals surface area contributed by atoms with Crippen LogP contribution in [0.25, 0.3) is 0 Å². The molecule has 118 valence electrons. The van der Waals surface area contributed by atoms with Crippen LogP contribution in [0.3, 0.4) is 0 Å². The van der Waals surface area contributed by atoms with Crippen LogP contribution in [0.5, 0.6) is 0 Å². The number of rotatable bonds is 5. The molecule has 2 atom stereocenters. The van der Waals surface area contributed by atoms with Crippen LogP contribution in [-0.4, -0.2) is 40.6 Å². The summed E-state index contributed by atoms with van der Waals surface area (Å²) in [7, 11) is -6.35. The SMILES string of the molecule is CS(=O)(=O)Nc1ccc(NC2CCCC2S(C)(=O)=O)cc1. The molecule has 21 heavy (non-hydrogen) atoms. The van der Waals surface area contributed by atoms with Gasteiger partial charge >= 0.3 is 0 Å². The number of nitrogens with one attached hydrogen (secondary N) is 2. The smallest absolute Gasteiger partial charge is 0.229 e. The molecule has 0 radical (unpaired) electrons. The van der Waals surface area contributed by atoms with Gasteiger partial charge < -0.3 is 5.32 Å². The van der Waals surface area contributed by atoms with Crippen LogP contribution in [-0.2, 0) is 19.9 Å². The van der Waals surface area contributed by atoms with Gasteiger partial charge in [0.1, 0.15) is 0 Å². The third-order valence-electron chi connectivity index (χ3n) is 3.54. The molecule has 0 aliphatic heterocycles. The van der Waals surface area contributed by atoms with Gasteiger partial charge in [0.05, 0.1) is 11.5 Å². The average Bonchev–Trinajstić information content (AvgIpc) is 2.77. The Balaban J connectivity index is 2.07. The Morgan fingerprint density at radius 1 is 0.952 bits per heavy atom. The minimum atomic E-state index is -3.29. The lowest BCUT2D eigenvalue weighted by Gasteiger charge is -2.20. The molecule has 1 aliphatic carbocycles. The summed E-state index contributed by atoms with van der Waals surface area (Å²) in [5, 5.41) is 2.88. The molecule has 1 aromatic carbocycles. The first kappa shape index (κ1) is 16.1. The number of sulfonamides is 1. The molecular weight excluding hydrogens is 312 g/mol. The molecule has 1 aliphatic rings. The fraction of sp³-hybridized carbons (Fsp3) is 0.538. The van der Waals surface area contributed by atoms with E-state index in [0.717, 1.165) is 24.8 Å². The van der Waals surface area contributed by atoms with Gasteiger partial charge in [-0.15, -0.1) is 0 Å². The predicted molar refractivity (Wildman–Crippen MR) is 84.8 cm³/mol. The lowest BCUT2D eigenvalue weighted by atomic mass is 10.2. The summed E-state index contributed by atoms with van der Waals surface area (Å²) in [4.78, 5) is 0. The van der Waals surface area contributed by atoms with Crippen molar-refractivity contribution in [3.63, 3.8) is 0 Å². The van der Waals surface area contributed by atoms with Gasteiger partial charge in [-0.25, -0.2) is 16.8 Å². The van der Waals surface area contributed by atoms with Crippen LogP contribution in [0, 0.1) is 0 Å². The summed E-state index contributed by atoms with van der Waals surface area (Å²) < 4.78 is 48.1. The summed E-state index contributed by atoms with van der Waals surface area (Å²) in [6.45, 7) is 0. The van der Waals surface area contributed by atoms with Crippen LogP contribution >= 0.6 is 0 Å². The molecule has 2 N–H and O–H groups in total. The van der Waals surface area contributed by atoms with Gasteiger partial charge in [-0.2, -0.15) is 0 Å². The molecule has 1 aromatic rings. The molecule has 0 aromatic heterocycles. The summed E-state index contributed by atoms with van der Waals surface area (Å²) in [5.41, 5.74) is 1.27. The van der Waals surface area contributed by atoms with Crippen LogP contribution in [0.4, 0.5) is 11.4 Å². The molecule has 0 amide bonds. The average molecular weight is 332 g/mol. The molecule has 1 fully saturated rings. The van der Waals surface area contributed by atoms with Crippen molar-refractivity contribution < 1.29 is 16.8 Å². The lowest BCUT2D eigenvalue weighted by Crippen LogP contribution is -2.34. The summed E-state index contributed by atoms with van der Waals surface area (Å²) >= 11 is 0. The highest BCUT2D eigenvalue weighted by Gasteiger charge is 2.34. The highest BCUT2D eigenvalue weighted by Crippen LogP contribution is 2.28. The Labute approximate surface area is 125 Å².